The lowest BCUT2D eigenvalue weighted by atomic mass is 10.1. The van der Waals surface area contributed by atoms with Gasteiger partial charge in [0.15, 0.2) is 0 Å². The predicted molar refractivity (Wildman–Crippen MR) is 78.7 cm³/mol. The maximum Gasteiger partial charge on any atom is 0.241 e. The Kier molecular flexibility index (Phi) is 11.7. The first kappa shape index (κ1) is 16.9. The fraction of sp³-hybridized carbons (Fsp3) is 1.00. The number of unbranched alkanes of at least 4 members (excludes halogenated alkanes) is 8. The molecule has 1 N–H and O–H groups in total. The molecular formula is C11H25O2PS2. The van der Waals surface area contributed by atoms with Crippen LogP contribution in [-0.2, 0) is 16.3 Å². The van der Waals surface area contributed by atoms with Gasteiger partial charge in [-0.25, -0.2) is 0 Å². The van der Waals surface area contributed by atoms with Crippen molar-refractivity contribution in [2.45, 2.75) is 64.7 Å². The van der Waals surface area contributed by atoms with Gasteiger partial charge in [-0.1, -0.05) is 70.5 Å². The van der Waals surface area contributed by atoms with Crippen molar-refractivity contribution < 1.29 is 9.42 Å². The molecule has 0 aliphatic carbocycles. The van der Waals surface area contributed by atoms with E-state index in [4.69, 9.17) is 9.42 Å². The molecular weight excluding hydrogens is 259 g/mol. The summed E-state index contributed by atoms with van der Waals surface area (Å²) >= 11 is 8.46. The summed E-state index contributed by atoms with van der Waals surface area (Å²) in [6.45, 7) is 2.79. The van der Waals surface area contributed by atoms with Gasteiger partial charge >= 0.3 is 0 Å². The van der Waals surface area contributed by atoms with Gasteiger partial charge in [0, 0.05) is 0 Å². The molecule has 0 aromatic rings. The zero-order valence-electron chi connectivity index (χ0n) is 10.2. The average Bonchev–Trinajstić information content (AvgIpc) is 2.19. The van der Waals surface area contributed by atoms with Gasteiger partial charge < -0.3 is 9.42 Å². The van der Waals surface area contributed by atoms with Crippen LogP contribution in [0.25, 0.3) is 0 Å². The second-order valence-corrected chi connectivity index (χ2v) is 9.31. The maximum atomic E-state index is 9.11. The van der Waals surface area contributed by atoms with Crippen LogP contribution in [0.2, 0.25) is 0 Å². The van der Waals surface area contributed by atoms with E-state index in [-0.39, 0.29) is 0 Å². The molecule has 1 atom stereocenters. The van der Waals surface area contributed by atoms with Crippen LogP contribution in [0.4, 0.5) is 0 Å². The normalized spacial score (nSPS) is 14.9. The second-order valence-electron chi connectivity index (χ2n) is 4.15. The molecule has 0 saturated carbocycles. The van der Waals surface area contributed by atoms with Crippen molar-refractivity contribution in [3.8, 4) is 0 Å². The second kappa shape index (κ2) is 11.0. The summed E-state index contributed by atoms with van der Waals surface area (Å²) in [5.41, 5.74) is -2.71. The summed E-state index contributed by atoms with van der Waals surface area (Å²) in [6, 6.07) is 0. The molecule has 0 spiro atoms. The molecule has 0 aliphatic rings. The SMILES string of the molecule is CCCCCCCCCCCOP(O)(=S)S. The van der Waals surface area contributed by atoms with Crippen LogP contribution >= 0.6 is 17.9 Å². The number of thiol groups is 1. The van der Waals surface area contributed by atoms with E-state index < -0.39 is 5.69 Å². The van der Waals surface area contributed by atoms with E-state index in [9.17, 15) is 0 Å². The molecule has 5 heteroatoms. The number of hydrogen-bond donors (Lipinski definition) is 2. The van der Waals surface area contributed by atoms with Crippen molar-refractivity contribution in [1.82, 2.24) is 0 Å². The standard InChI is InChI=1S/C11H25O2PS2/c1-2-3-4-5-6-7-8-9-10-11-13-14(12,15)16/h2-11H2,1H3,(H2,12,15,16). The minimum atomic E-state index is -2.71. The molecule has 1 unspecified atom stereocenters. The van der Waals surface area contributed by atoms with E-state index in [0.29, 0.717) is 6.61 Å². The summed E-state index contributed by atoms with van der Waals surface area (Å²) < 4.78 is 5.03. The molecule has 16 heavy (non-hydrogen) atoms. The lowest BCUT2D eigenvalue weighted by Crippen LogP contribution is -1.89. The quantitative estimate of drug-likeness (QED) is 0.328. The van der Waals surface area contributed by atoms with Crippen LogP contribution in [0.15, 0.2) is 0 Å². The highest BCUT2D eigenvalue weighted by molar-refractivity contribution is 8.59. The topological polar surface area (TPSA) is 29.5 Å². The molecule has 2 nitrogen and oxygen atoms in total. The Morgan fingerprint density at radius 1 is 1.00 bits per heavy atom. The molecule has 0 bridgehead atoms. The van der Waals surface area contributed by atoms with Gasteiger partial charge in [0.25, 0.3) is 0 Å². The average molecular weight is 284 g/mol. The van der Waals surface area contributed by atoms with Crippen molar-refractivity contribution >= 4 is 29.7 Å². The first-order chi connectivity index (χ1) is 7.56. The molecule has 0 radical (unpaired) electrons. The first-order valence-corrected chi connectivity index (χ1v) is 10.1. The van der Waals surface area contributed by atoms with Crippen molar-refractivity contribution in [2.75, 3.05) is 6.61 Å². The molecule has 0 heterocycles. The van der Waals surface area contributed by atoms with E-state index in [1.165, 1.54) is 44.9 Å². The molecule has 0 amide bonds. The Morgan fingerprint density at radius 3 is 1.88 bits per heavy atom. The van der Waals surface area contributed by atoms with Gasteiger partial charge in [-0.3, -0.25) is 0 Å². The van der Waals surface area contributed by atoms with E-state index >= 15 is 0 Å². The van der Waals surface area contributed by atoms with Gasteiger partial charge in [-0.15, -0.1) is 0 Å². The van der Waals surface area contributed by atoms with Crippen LogP contribution < -0.4 is 0 Å². The van der Waals surface area contributed by atoms with Gasteiger partial charge in [0.1, 0.15) is 0 Å². The molecule has 98 valence electrons. The Labute approximate surface area is 110 Å². The predicted octanol–water partition coefficient (Wildman–Crippen LogP) is 4.68. The summed E-state index contributed by atoms with van der Waals surface area (Å²) in [6.07, 6.45) is 11.5. The number of rotatable bonds is 11. The summed E-state index contributed by atoms with van der Waals surface area (Å²) in [4.78, 5) is 9.11. The third kappa shape index (κ3) is 14.9. The molecule has 0 rings (SSSR count). The monoisotopic (exact) mass is 284 g/mol. The van der Waals surface area contributed by atoms with Gasteiger partial charge in [-0.05, 0) is 18.2 Å². The zero-order valence-corrected chi connectivity index (χ0v) is 12.8. The van der Waals surface area contributed by atoms with Gasteiger partial charge in [0.05, 0.1) is 6.61 Å². The minimum Gasteiger partial charge on any atom is -0.338 e. The van der Waals surface area contributed by atoms with Crippen molar-refractivity contribution in [1.29, 1.82) is 0 Å². The smallest absolute Gasteiger partial charge is 0.241 e. The molecule has 0 aliphatic heterocycles. The Balaban J connectivity index is 3.02. The van der Waals surface area contributed by atoms with Crippen molar-refractivity contribution in [2.24, 2.45) is 0 Å². The van der Waals surface area contributed by atoms with Crippen LogP contribution in [0.3, 0.4) is 0 Å². The summed E-state index contributed by atoms with van der Waals surface area (Å²) in [5.74, 6) is 0. The van der Waals surface area contributed by atoms with Crippen LogP contribution in [0.5, 0.6) is 0 Å². The highest BCUT2D eigenvalue weighted by Crippen LogP contribution is 2.47. The number of hydrogen-bond acceptors (Lipinski definition) is 2. The van der Waals surface area contributed by atoms with Gasteiger partial charge in [-0.2, -0.15) is 0 Å². The lowest BCUT2D eigenvalue weighted by molar-refractivity contribution is 0.307. The molecule has 0 aromatic heterocycles. The zero-order chi connectivity index (χ0) is 12.3. The Hall–Kier alpha value is 0.920. The summed E-state index contributed by atoms with van der Waals surface area (Å²) in [5, 5.41) is 0. The largest absolute Gasteiger partial charge is 0.338 e. The summed E-state index contributed by atoms with van der Waals surface area (Å²) in [7, 11) is 0. The fourth-order valence-corrected chi connectivity index (χ4v) is 2.43. The molecule has 0 saturated heterocycles. The van der Waals surface area contributed by atoms with Crippen molar-refractivity contribution in [3.63, 3.8) is 0 Å². The van der Waals surface area contributed by atoms with Crippen molar-refractivity contribution in [3.05, 3.63) is 0 Å². The third-order valence-corrected chi connectivity index (χ3v) is 3.69. The van der Waals surface area contributed by atoms with E-state index in [1.807, 2.05) is 0 Å². The van der Waals surface area contributed by atoms with E-state index in [0.717, 1.165) is 12.8 Å². The molecule has 0 fully saturated rings. The van der Waals surface area contributed by atoms with Crippen LogP contribution in [-0.4, -0.2) is 11.5 Å². The maximum absolute atomic E-state index is 9.11. The molecule has 0 aromatic carbocycles. The Bertz CT molecular complexity index is 194. The lowest BCUT2D eigenvalue weighted by Gasteiger charge is -2.08. The highest BCUT2D eigenvalue weighted by Gasteiger charge is 2.04. The first-order valence-electron chi connectivity index (χ1n) is 6.26. The Morgan fingerprint density at radius 2 is 1.44 bits per heavy atom. The minimum absolute atomic E-state index is 0.549. The fourth-order valence-electron chi connectivity index (χ4n) is 1.60. The third-order valence-electron chi connectivity index (χ3n) is 2.51. The van der Waals surface area contributed by atoms with Gasteiger partial charge in [0.2, 0.25) is 5.69 Å². The van der Waals surface area contributed by atoms with Crippen LogP contribution in [0, 0.1) is 0 Å². The van der Waals surface area contributed by atoms with E-state index in [2.05, 4.69) is 31.0 Å². The highest BCUT2D eigenvalue weighted by atomic mass is 32.9. The van der Waals surface area contributed by atoms with Crippen LogP contribution in [0.1, 0.15) is 64.7 Å². The van der Waals surface area contributed by atoms with E-state index in [1.54, 1.807) is 0 Å².